The Morgan fingerprint density at radius 1 is 1.32 bits per heavy atom. The Hall–Kier alpha value is -0.330. The van der Waals surface area contributed by atoms with Crippen LogP contribution in [0.15, 0.2) is 4.47 Å². The number of nitrogen functional groups attached to an aromatic ring is 1. The molecule has 1 aromatic heterocycles. The average molecular weight is 346 g/mol. The van der Waals surface area contributed by atoms with Crippen molar-refractivity contribution in [2.45, 2.75) is 49.7 Å². The number of hydrogen-bond acceptors (Lipinski definition) is 5. The van der Waals surface area contributed by atoms with Gasteiger partial charge in [-0.1, -0.05) is 19.3 Å². The first-order valence-electron chi connectivity index (χ1n) is 6.62. The molecule has 2 N–H and O–H groups in total. The van der Waals surface area contributed by atoms with E-state index in [0.717, 1.165) is 27.0 Å². The van der Waals surface area contributed by atoms with Gasteiger partial charge < -0.3 is 10.5 Å². The number of anilines is 1. The van der Waals surface area contributed by atoms with Crippen molar-refractivity contribution in [3.05, 3.63) is 16.0 Å². The first-order valence-corrected chi connectivity index (χ1v) is 8.46. The van der Waals surface area contributed by atoms with Crippen molar-refractivity contribution in [1.82, 2.24) is 9.97 Å². The van der Waals surface area contributed by atoms with Gasteiger partial charge in [0.15, 0.2) is 0 Å². The van der Waals surface area contributed by atoms with Crippen molar-refractivity contribution in [2.75, 3.05) is 12.8 Å². The Morgan fingerprint density at radius 2 is 2.05 bits per heavy atom. The fourth-order valence-electron chi connectivity index (χ4n) is 2.29. The molecule has 0 unspecified atom stereocenters. The van der Waals surface area contributed by atoms with E-state index in [9.17, 15) is 0 Å². The molecule has 0 bridgehead atoms. The Morgan fingerprint density at radius 3 is 2.74 bits per heavy atom. The van der Waals surface area contributed by atoms with Crippen LogP contribution in [-0.4, -0.2) is 22.3 Å². The second-order valence-corrected chi connectivity index (χ2v) is 6.87. The molecule has 1 saturated carbocycles. The molecule has 1 fully saturated rings. The predicted molar refractivity (Wildman–Crippen MR) is 83.0 cm³/mol. The molecule has 4 nitrogen and oxygen atoms in total. The Bertz CT molecular complexity index is 425. The van der Waals surface area contributed by atoms with Gasteiger partial charge in [-0.3, -0.25) is 0 Å². The Balaban J connectivity index is 1.99. The standard InChI is InChI=1S/C13H20BrN3OS/c1-18-7-10-12(14)13(15)17-11(16-10)8-19-9-5-3-2-4-6-9/h9H,2-8H2,1H3,(H2,15,16,17). The smallest absolute Gasteiger partial charge is 0.141 e. The van der Waals surface area contributed by atoms with Gasteiger partial charge in [-0.2, -0.15) is 11.8 Å². The van der Waals surface area contributed by atoms with Crippen LogP contribution in [-0.2, 0) is 17.1 Å². The molecule has 1 heterocycles. The summed E-state index contributed by atoms with van der Waals surface area (Å²) in [5.74, 6) is 2.14. The molecule has 0 atom stereocenters. The van der Waals surface area contributed by atoms with E-state index in [2.05, 4.69) is 25.9 Å². The molecule has 0 saturated heterocycles. The monoisotopic (exact) mass is 345 g/mol. The molecule has 1 aliphatic rings. The summed E-state index contributed by atoms with van der Waals surface area (Å²) in [5, 5.41) is 0.757. The van der Waals surface area contributed by atoms with Gasteiger partial charge in [-0.05, 0) is 28.8 Å². The minimum absolute atomic E-state index is 0.453. The van der Waals surface area contributed by atoms with Crippen LogP contribution in [0.2, 0.25) is 0 Å². The molecule has 0 spiro atoms. The van der Waals surface area contributed by atoms with Gasteiger partial charge in [0.25, 0.3) is 0 Å². The van der Waals surface area contributed by atoms with Gasteiger partial charge >= 0.3 is 0 Å². The number of thioether (sulfide) groups is 1. The summed E-state index contributed by atoms with van der Waals surface area (Å²) in [6, 6.07) is 0. The number of aromatic nitrogens is 2. The number of rotatable bonds is 5. The van der Waals surface area contributed by atoms with Crippen molar-refractivity contribution >= 4 is 33.5 Å². The lowest BCUT2D eigenvalue weighted by molar-refractivity contribution is 0.180. The molecule has 0 aromatic carbocycles. The Kier molecular flexibility index (Phi) is 5.91. The second-order valence-electron chi connectivity index (χ2n) is 4.79. The summed E-state index contributed by atoms with van der Waals surface area (Å²) in [5.41, 5.74) is 6.73. The normalized spacial score (nSPS) is 16.7. The molecule has 0 radical (unpaired) electrons. The molecular formula is C13H20BrN3OS. The maximum atomic E-state index is 5.90. The van der Waals surface area contributed by atoms with Crippen LogP contribution in [0.5, 0.6) is 0 Å². The Labute approximate surface area is 127 Å². The third kappa shape index (κ3) is 4.33. The van der Waals surface area contributed by atoms with Crippen molar-refractivity contribution < 1.29 is 4.74 Å². The molecule has 19 heavy (non-hydrogen) atoms. The van der Waals surface area contributed by atoms with Crippen molar-refractivity contribution in [3.8, 4) is 0 Å². The van der Waals surface area contributed by atoms with Gasteiger partial charge in [0.2, 0.25) is 0 Å². The summed E-state index contributed by atoms with van der Waals surface area (Å²) < 4.78 is 5.88. The first kappa shape index (κ1) is 15.1. The molecule has 0 amide bonds. The molecule has 1 aromatic rings. The molecule has 6 heteroatoms. The highest BCUT2D eigenvalue weighted by Gasteiger charge is 2.16. The van der Waals surface area contributed by atoms with E-state index in [1.165, 1.54) is 32.1 Å². The van der Waals surface area contributed by atoms with Crippen LogP contribution in [0.4, 0.5) is 5.82 Å². The number of methoxy groups -OCH3 is 1. The maximum Gasteiger partial charge on any atom is 0.141 e. The molecule has 0 aliphatic heterocycles. The third-order valence-corrected chi connectivity index (χ3v) is 5.50. The summed E-state index contributed by atoms with van der Waals surface area (Å²) in [6.45, 7) is 0.453. The zero-order chi connectivity index (χ0) is 13.7. The first-order chi connectivity index (χ1) is 9.20. The van der Waals surface area contributed by atoms with Crippen molar-refractivity contribution in [3.63, 3.8) is 0 Å². The van der Waals surface area contributed by atoms with Gasteiger partial charge in [0.05, 0.1) is 22.5 Å². The number of nitrogens with two attached hydrogens (primary N) is 1. The van der Waals surface area contributed by atoms with Crippen LogP contribution in [0.1, 0.15) is 43.6 Å². The number of nitrogens with zero attached hydrogens (tertiary/aromatic N) is 2. The van der Waals surface area contributed by atoms with Gasteiger partial charge in [-0.15, -0.1) is 0 Å². The highest BCUT2D eigenvalue weighted by atomic mass is 79.9. The quantitative estimate of drug-likeness (QED) is 0.884. The third-order valence-electron chi connectivity index (χ3n) is 3.27. The maximum absolute atomic E-state index is 5.90. The van der Waals surface area contributed by atoms with Crippen LogP contribution in [0, 0.1) is 0 Å². The van der Waals surface area contributed by atoms with Gasteiger partial charge in [0.1, 0.15) is 11.6 Å². The number of ether oxygens (including phenoxy) is 1. The highest BCUT2D eigenvalue weighted by molar-refractivity contribution is 9.10. The van der Waals surface area contributed by atoms with E-state index in [0.29, 0.717) is 12.4 Å². The molecule has 1 aliphatic carbocycles. The van der Waals surface area contributed by atoms with Crippen molar-refractivity contribution in [1.29, 1.82) is 0 Å². The highest BCUT2D eigenvalue weighted by Crippen LogP contribution is 2.30. The fraction of sp³-hybridized carbons (Fsp3) is 0.692. The fourth-order valence-corrected chi connectivity index (χ4v) is 3.76. The van der Waals surface area contributed by atoms with Crippen LogP contribution in [0.25, 0.3) is 0 Å². The molecule has 106 valence electrons. The molecule has 2 rings (SSSR count). The van der Waals surface area contributed by atoms with Crippen LogP contribution >= 0.6 is 27.7 Å². The van der Waals surface area contributed by atoms with E-state index < -0.39 is 0 Å². The van der Waals surface area contributed by atoms with E-state index in [1.54, 1.807) is 7.11 Å². The van der Waals surface area contributed by atoms with Crippen LogP contribution in [0.3, 0.4) is 0 Å². The largest absolute Gasteiger partial charge is 0.383 e. The lowest BCUT2D eigenvalue weighted by Gasteiger charge is -2.20. The topological polar surface area (TPSA) is 61.0 Å². The number of halogens is 1. The van der Waals surface area contributed by atoms with Gasteiger partial charge in [0, 0.05) is 12.4 Å². The lowest BCUT2D eigenvalue weighted by Crippen LogP contribution is -2.10. The summed E-state index contributed by atoms with van der Waals surface area (Å²) in [7, 11) is 1.65. The minimum Gasteiger partial charge on any atom is -0.383 e. The van der Waals surface area contributed by atoms with Crippen LogP contribution < -0.4 is 5.73 Å². The molecular weight excluding hydrogens is 326 g/mol. The van der Waals surface area contributed by atoms with E-state index in [4.69, 9.17) is 10.5 Å². The average Bonchev–Trinajstić information content (AvgIpc) is 2.43. The number of hydrogen-bond donors (Lipinski definition) is 1. The van der Waals surface area contributed by atoms with Crippen molar-refractivity contribution in [2.24, 2.45) is 0 Å². The van der Waals surface area contributed by atoms with E-state index >= 15 is 0 Å². The van der Waals surface area contributed by atoms with E-state index in [1.807, 2.05) is 11.8 Å². The second kappa shape index (κ2) is 7.45. The SMILES string of the molecule is COCc1nc(CSC2CCCCC2)nc(N)c1Br. The minimum atomic E-state index is 0.453. The van der Waals surface area contributed by atoms with E-state index in [-0.39, 0.29) is 0 Å². The zero-order valence-electron chi connectivity index (χ0n) is 11.2. The summed E-state index contributed by atoms with van der Waals surface area (Å²) in [6.07, 6.45) is 6.74. The summed E-state index contributed by atoms with van der Waals surface area (Å²) in [4.78, 5) is 8.87. The predicted octanol–water partition coefficient (Wildman–Crippen LogP) is 3.53. The summed E-state index contributed by atoms with van der Waals surface area (Å²) >= 11 is 5.36. The lowest BCUT2D eigenvalue weighted by atomic mass is 10.0. The zero-order valence-corrected chi connectivity index (χ0v) is 13.6. The van der Waals surface area contributed by atoms with Gasteiger partial charge in [-0.25, -0.2) is 9.97 Å².